The molecule has 2 atom stereocenters. The first kappa shape index (κ1) is 28.1. The molecule has 0 radical (unpaired) electrons. The highest BCUT2D eigenvalue weighted by molar-refractivity contribution is 7.22. The summed E-state index contributed by atoms with van der Waals surface area (Å²) in [7, 11) is 1.53. The molecule has 0 aliphatic carbocycles. The van der Waals surface area contributed by atoms with Crippen molar-refractivity contribution in [3.05, 3.63) is 72.3 Å². The number of amides is 4. The summed E-state index contributed by atoms with van der Waals surface area (Å²) < 4.78 is 0.933. The number of fused-ring (bicyclic) bond motifs is 2. The molecule has 214 valence electrons. The van der Waals surface area contributed by atoms with Crippen LogP contribution in [0.5, 0.6) is 0 Å². The Morgan fingerprint density at radius 3 is 2.78 bits per heavy atom. The van der Waals surface area contributed by atoms with E-state index >= 15 is 0 Å². The number of nitrogens with one attached hydrogen (secondary N) is 2. The maximum atomic E-state index is 14.1. The van der Waals surface area contributed by atoms with Gasteiger partial charge in [0.25, 0.3) is 0 Å². The molecule has 3 heterocycles. The van der Waals surface area contributed by atoms with Crippen molar-refractivity contribution in [3.8, 4) is 0 Å². The number of nitrogens with zero attached hydrogens (tertiary/aromatic N) is 5. The molecule has 41 heavy (non-hydrogen) atoms. The van der Waals surface area contributed by atoms with Gasteiger partial charge in [-0.05, 0) is 34.9 Å². The first-order valence-corrected chi connectivity index (χ1v) is 13.9. The van der Waals surface area contributed by atoms with Gasteiger partial charge in [-0.25, -0.2) is 9.78 Å². The number of hydrogen-bond donors (Lipinski definition) is 4. The second kappa shape index (κ2) is 11.6. The smallest absolute Gasteiger partial charge is 0.332 e. The lowest BCUT2D eigenvalue weighted by molar-refractivity contribution is -0.157. The molecule has 2 fully saturated rings. The number of para-hydroxylation sites is 1. The van der Waals surface area contributed by atoms with Crippen molar-refractivity contribution in [2.45, 2.75) is 25.2 Å². The van der Waals surface area contributed by atoms with E-state index in [1.807, 2.05) is 36.4 Å². The first-order valence-electron chi connectivity index (χ1n) is 13.1. The van der Waals surface area contributed by atoms with Gasteiger partial charge in [0.15, 0.2) is 5.13 Å². The number of rotatable bonds is 9. The first-order chi connectivity index (χ1) is 19.8. The van der Waals surface area contributed by atoms with Gasteiger partial charge in [-0.1, -0.05) is 48.3 Å². The lowest BCUT2D eigenvalue weighted by Crippen LogP contribution is -2.65. The summed E-state index contributed by atoms with van der Waals surface area (Å²) in [6, 6.07) is 10.2. The molecule has 2 saturated heterocycles. The van der Waals surface area contributed by atoms with E-state index in [4.69, 9.17) is 11.6 Å². The van der Waals surface area contributed by atoms with E-state index in [0.717, 1.165) is 26.9 Å². The van der Waals surface area contributed by atoms with Crippen molar-refractivity contribution >= 4 is 56.3 Å². The number of carbonyl (C=O) groups excluding carboxylic acids is 3. The van der Waals surface area contributed by atoms with Gasteiger partial charge in [-0.2, -0.15) is 5.01 Å². The highest BCUT2D eigenvalue weighted by atomic mass is 32.1. The van der Waals surface area contributed by atoms with Crippen LogP contribution in [-0.4, -0.2) is 81.5 Å². The monoisotopic (exact) mass is 575 g/mol. The molecule has 6 N–H and O–H groups in total. The van der Waals surface area contributed by atoms with Crippen molar-refractivity contribution < 1.29 is 14.4 Å². The van der Waals surface area contributed by atoms with Gasteiger partial charge in [-0.3, -0.25) is 20.4 Å². The Bertz CT molecular complexity index is 1520. The number of thiazole rings is 1. The molecular formula is C28H33N9O3S. The maximum Gasteiger partial charge on any atom is 0.332 e. The van der Waals surface area contributed by atoms with Gasteiger partial charge in [0.2, 0.25) is 11.8 Å². The van der Waals surface area contributed by atoms with Crippen LogP contribution in [0.4, 0.5) is 15.6 Å². The predicted octanol–water partition coefficient (Wildman–Crippen LogP) is 1.97. The largest absolute Gasteiger partial charge is 0.375 e. The number of aromatic nitrogens is 1. The molecule has 13 heteroatoms. The zero-order valence-corrected chi connectivity index (χ0v) is 23.6. The molecule has 2 aromatic carbocycles. The van der Waals surface area contributed by atoms with Crippen LogP contribution in [0, 0.1) is 0 Å². The Labute approximate surface area is 241 Å². The van der Waals surface area contributed by atoms with Crippen LogP contribution >= 0.6 is 11.3 Å². The SMILES string of the molecule is C=CCN(C(=O)NC)N1CC(=O)N2[C@@H](Cc3ccc(NN)c(C=C)c3)C(=O)N(Cc3cccc4sc(N)nc34)C[C@@H]21. The van der Waals surface area contributed by atoms with Crippen molar-refractivity contribution in [3.63, 3.8) is 0 Å². The number of hydrazine groups is 2. The fourth-order valence-corrected chi connectivity index (χ4v) is 6.35. The summed E-state index contributed by atoms with van der Waals surface area (Å²) in [6.45, 7) is 8.27. The normalized spacial score (nSPS) is 18.9. The van der Waals surface area contributed by atoms with Crippen LogP contribution < -0.4 is 22.3 Å². The number of nitrogen functional groups attached to an aromatic ring is 2. The van der Waals surface area contributed by atoms with Crippen molar-refractivity contribution in [1.82, 2.24) is 30.1 Å². The van der Waals surface area contributed by atoms with Gasteiger partial charge in [-0.15, -0.1) is 6.58 Å². The topological polar surface area (TPSA) is 153 Å². The van der Waals surface area contributed by atoms with Crippen molar-refractivity contribution in [2.24, 2.45) is 5.84 Å². The predicted molar refractivity (Wildman–Crippen MR) is 160 cm³/mol. The van der Waals surface area contributed by atoms with Crippen LogP contribution in [0.25, 0.3) is 16.3 Å². The molecule has 1 aromatic heterocycles. The molecule has 4 amide bonds. The quantitative estimate of drug-likeness (QED) is 0.172. The number of benzene rings is 2. The van der Waals surface area contributed by atoms with Gasteiger partial charge in [0.1, 0.15) is 12.2 Å². The molecule has 2 aliphatic rings. The number of carbonyl (C=O) groups is 3. The highest BCUT2D eigenvalue weighted by Crippen LogP contribution is 2.33. The third-order valence-electron chi connectivity index (χ3n) is 7.43. The van der Waals surface area contributed by atoms with E-state index in [1.54, 1.807) is 27.0 Å². The van der Waals surface area contributed by atoms with Crippen molar-refractivity contribution in [1.29, 1.82) is 0 Å². The van der Waals surface area contributed by atoms with Crippen LogP contribution in [-0.2, 0) is 22.6 Å². The zero-order chi connectivity index (χ0) is 29.3. The minimum Gasteiger partial charge on any atom is -0.375 e. The second-order valence-electron chi connectivity index (χ2n) is 9.83. The number of urea groups is 1. The molecule has 5 rings (SSSR count). The molecule has 0 spiro atoms. The Morgan fingerprint density at radius 2 is 2.07 bits per heavy atom. The zero-order valence-electron chi connectivity index (χ0n) is 22.7. The highest BCUT2D eigenvalue weighted by Gasteiger charge is 2.52. The summed E-state index contributed by atoms with van der Waals surface area (Å²) in [4.78, 5) is 48.3. The summed E-state index contributed by atoms with van der Waals surface area (Å²) in [6.07, 6.45) is 2.98. The lowest BCUT2D eigenvalue weighted by atomic mass is 9.98. The average Bonchev–Trinajstić information content (AvgIpc) is 3.52. The lowest BCUT2D eigenvalue weighted by Gasteiger charge is -2.46. The minimum atomic E-state index is -0.796. The van der Waals surface area contributed by atoms with Crippen LogP contribution in [0.3, 0.4) is 0 Å². The Kier molecular flexibility index (Phi) is 7.92. The number of hydrogen-bond acceptors (Lipinski definition) is 9. The van der Waals surface area contributed by atoms with Crippen LogP contribution in [0.15, 0.2) is 55.6 Å². The minimum absolute atomic E-state index is 0.0459. The fourth-order valence-electron chi connectivity index (χ4n) is 5.56. The average molecular weight is 576 g/mol. The van der Waals surface area contributed by atoms with Gasteiger partial charge in [0, 0.05) is 20.0 Å². The van der Waals surface area contributed by atoms with Gasteiger partial charge < -0.3 is 26.3 Å². The summed E-state index contributed by atoms with van der Waals surface area (Å²) in [5.74, 6) is 5.21. The third-order valence-corrected chi connectivity index (χ3v) is 8.28. The molecule has 0 unspecified atom stereocenters. The van der Waals surface area contributed by atoms with Crippen LogP contribution in [0.1, 0.15) is 16.7 Å². The van der Waals surface area contributed by atoms with Crippen molar-refractivity contribution in [2.75, 3.05) is 37.8 Å². The second-order valence-corrected chi connectivity index (χ2v) is 10.9. The Balaban J connectivity index is 1.54. The number of piperazine rings is 1. The van der Waals surface area contributed by atoms with E-state index in [0.29, 0.717) is 10.8 Å². The summed E-state index contributed by atoms with van der Waals surface area (Å²) >= 11 is 1.39. The number of nitrogens with two attached hydrogens (primary N) is 2. The summed E-state index contributed by atoms with van der Waals surface area (Å²) in [5, 5.41) is 6.26. The Hall–Kier alpha value is -4.46. The molecule has 0 saturated carbocycles. The van der Waals surface area contributed by atoms with E-state index in [2.05, 4.69) is 28.9 Å². The molecule has 0 bridgehead atoms. The number of anilines is 2. The molecular weight excluding hydrogens is 542 g/mol. The van der Waals surface area contributed by atoms with Crippen LogP contribution in [0.2, 0.25) is 0 Å². The van der Waals surface area contributed by atoms with E-state index < -0.39 is 12.2 Å². The Morgan fingerprint density at radius 1 is 1.27 bits per heavy atom. The molecule has 12 nitrogen and oxygen atoms in total. The maximum absolute atomic E-state index is 14.1. The molecule has 3 aromatic rings. The summed E-state index contributed by atoms with van der Waals surface area (Å²) in [5.41, 5.74) is 12.5. The van der Waals surface area contributed by atoms with Gasteiger partial charge in [0.05, 0.1) is 35.5 Å². The van der Waals surface area contributed by atoms with E-state index in [-0.39, 0.29) is 50.4 Å². The van der Waals surface area contributed by atoms with Gasteiger partial charge >= 0.3 is 6.03 Å². The molecule has 2 aliphatic heterocycles. The third kappa shape index (κ3) is 5.22. The standard InChI is InChI=1S/C28H33N9O3S/c1-4-11-35(28(40)31-3)36-16-24(38)37-21(13-17-9-10-20(33-30)18(5-2)12-17)26(39)34(15-23(36)37)14-19-7-6-8-22-25(19)32-27(29)41-22/h4-10,12,21,23,33H,1-2,11,13-16,30H2,3H3,(H2,29,32)(H,31,40)/t21-,23+/m0/s1. The van der Waals surface area contributed by atoms with E-state index in [1.165, 1.54) is 23.4 Å². The van der Waals surface area contributed by atoms with E-state index in [9.17, 15) is 14.4 Å². The fraction of sp³-hybridized carbons (Fsp3) is 0.286.